The molecule has 4 aliphatic rings. The number of carbonyl (C=O) groups is 3. The molecule has 3 fully saturated rings. The quantitative estimate of drug-likeness (QED) is 0.122. The monoisotopic (exact) mass is 740 g/mol. The lowest BCUT2D eigenvalue weighted by Gasteiger charge is -2.31. The molecule has 3 N–H and O–H groups in total. The molecular weight excluding hydrogens is 697 g/mol. The van der Waals surface area contributed by atoms with Gasteiger partial charge >= 0.3 is 5.97 Å². The van der Waals surface area contributed by atoms with E-state index in [0.717, 1.165) is 41.5 Å². The first-order chi connectivity index (χ1) is 26.9. The second-order valence-electron chi connectivity index (χ2n) is 14.5. The van der Waals surface area contributed by atoms with Crippen LogP contribution in [0.3, 0.4) is 0 Å². The molecule has 282 valence electrons. The van der Waals surface area contributed by atoms with Crippen molar-refractivity contribution >= 4 is 23.9 Å². The van der Waals surface area contributed by atoms with Crippen molar-refractivity contribution < 1.29 is 38.4 Å². The highest BCUT2D eigenvalue weighted by Gasteiger charge is 2.55. The number of ether oxygens (including phenoxy) is 4. The van der Waals surface area contributed by atoms with Gasteiger partial charge in [0.25, 0.3) is 5.91 Å². The fraction of sp³-hybridized carbons (Fsp3) is 0.311. The van der Waals surface area contributed by atoms with Crippen molar-refractivity contribution in [2.45, 2.75) is 68.5 Å². The second kappa shape index (κ2) is 16.1. The number of rotatable bonds is 12. The first-order valence-electron chi connectivity index (χ1n) is 19.0. The summed E-state index contributed by atoms with van der Waals surface area (Å²) in [6, 6.07) is 33.5. The van der Waals surface area contributed by atoms with Crippen molar-refractivity contribution in [1.29, 1.82) is 0 Å². The summed E-state index contributed by atoms with van der Waals surface area (Å²) >= 11 is 0. The Balaban J connectivity index is 1.02. The Morgan fingerprint density at radius 3 is 2.25 bits per heavy atom. The molecule has 0 aromatic heterocycles. The zero-order chi connectivity index (χ0) is 37.8. The Morgan fingerprint density at radius 2 is 1.55 bits per heavy atom. The summed E-state index contributed by atoms with van der Waals surface area (Å²) in [6.45, 7) is 0.133. The molecule has 10 nitrogen and oxygen atoms in total. The summed E-state index contributed by atoms with van der Waals surface area (Å²) in [4.78, 5) is 40.1. The summed E-state index contributed by atoms with van der Waals surface area (Å²) in [5, 5.41) is 14.7. The molecule has 2 saturated heterocycles. The zero-order valence-electron chi connectivity index (χ0n) is 30.3. The molecule has 55 heavy (non-hydrogen) atoms. The molecule has 0 radical (unpaired) electrons. The topological polar surface area (TPSA) is 136 Å². The van der Waals surface area contributed by atoms with Crippen molar-refractivity contribution in [3.63, 3.8) is 0 Å². The predicted molar refractivity (Wildman–Crippen MR) is 204 cm³/mol. The molecule has 0 spiro atoms. The van der Waals surface area contributed by atoms with Crippen molar-refractivity contribution in [3.05, 3.63) is 160 Å². The first-order valence-corrected chi connectivity index (χ1v) is 19.0. The number of epoxide rings is 1. The second-order valence-corrected chi connectivity index (χ2v) is 14.5. The lowest BCUT2D eigenvalue weighted by molar-refractivity contribution is -0.157. The normalized spacial score (nSPS) is 24.9. The van der Waals surface area contributed by atoms with Crippen LogP contribution < -0.4 is 10.6 Å². The van der Waals surface area contributed by atoms with Crippen LogP contribution in [0.1, 0.15) is 68.7 Å². The zero-order valence-corrected chi connectivity index (χ0v) is 30.3. The van der Waals surface area contributed by atoms with Gasteiger partial charge in [0.1, 0.15) is 18.3 Å². The van der Waals surface area contributed by atoms with Gasteiger partial charge in [-0.05, 0) is 66.6 Å². The maximum Gasteiger partial charge on any atom is 0.338 e. The van der Waals surface area contributed by atoms with E-state index in [1.807, 2.05) is 78.9 Å². The van der Waals surface area contributed by atoms with E-state index < -0.39 is 30.1 Å². The number of esters is 1. The Hall–Kier alpha value is -5.39. The largest absolute Gasteiger partial charge is 0.456 e. The molecule has 2 aliphatic carbocycles. The number of aliphatic hydroxyl groups excluding tert-OH is 1. The third-order valence-corrected chi connectivity index (χ3v) is 10.7. The lowest BCUT2D eigenvalue weighted by atomic mass is 9.89. The van der Waals surface area contributed by atoms with Gasteiger partial charge in [-0.25, -0.2) is 4.79 Å². The molecule has 4 aromatic rings. The first kappa shape index (κ1) is 36.6. The molecule has 1 saturated carbocycles. The number of nitrogens with one attached hydrogen (secondary N) is 2. The van der Waals surface area contributed by atoms with Gasteiger partial charge in [0.15, 0.2) is 0 Å². The number of carbonyl (C=O) groups excluding carboxylic acids is 3. The van der Waals surface area contributed by atoms with Crippen LogP contribution in [0.2, 0.25) is 0 Å². The van der Waals surface area contributed by atoms with Crippen molar-refractivity contribution in [2.75, 3.05) is 13.2 Å². The van der Waals surface area contributed by atoms with Crippen LogP contribution in [0.5, 0.6) is 0 Å². The maximum absolute atomic E-state index is 13.8. The average molecular weight is 741 g/mol. The van der Waals surface area contributed by atoms with E-state index in [1.54, 1.807) is 36.4 Å². The van der Waals surface area contributed by atoms with Gasteiger partial charge in [-0.3, -0.25) is 9.59 Å². The summed E-state index contributed by atoms with van der Waals surface area (Å²) < 4.78 is 25.6. The SMILES string of the molecule is O=C(NCc1cccc(C(=O)NCCO)c1)C1=C[C@H]2OC(c3ccccc3)(c3ccccc3)O[C@H]2[C@H](OC(=O)c2ccc(C=CC3CCC4OC4C3)cc2)C1. The lowest BCUT2D eigenvalue weighted by Crippen LogP contribution is -2.43. The summed E-state index contributed by atoms with van der Waals surface area (Å²) in [6.07, 6.45) is 8.07. The molecule has 2 heterocycles. The maximum atomic E-state index is 13.8. The van der Waals surface area contributed by atoms with Gasteiger partial charge in [0.05, 0.1) is 24.4 Å². The van der Waals surface area contributed by atoms with E-state index in [9.17, 15) is 14.4 Å². The molecule has 0 bridgehead atoms. The van der Waals surface area contributed by atoms with Gasteiger partial charge in [-0.15, -0.1) is 0 Å². The fourth-order valence-electron chi connectivity index (χ4n) is 7.77. The average Bonchev–Trinajstić information content (AvgIpc) is 3.90. The number of aliphatic hydroxyl groups is 1. The molecule has 10 heteroatoms. The van der Waals surface area contributed by atoms with E-state index in [4.69, 9.17) is 24.1 Å². The highest BCUT2D eigenvalue weighted by atomic mass is 16.8. The minimum atomic E-state index is -1.32. The summed E-state index contributed by atoms with van der Waals surface area (Å²) in [7, 11) is 0. The van der Waals surface area contributed by atoms with E-state index >= 15 is 0 Å². The number of amides is 2. The molecule has 2 amide bonds. The standard InChI is InChI=1S/C45H44N2O8/c48-23-22-46-42(49)33-9-7-8-31(24-33)28-47-43(50)34-26-39(53-44(51)32-19-16-29(17-20-32)14-15-30-18-21-37-38(25-30)52-37)41-40(27-34)54-45(55-41,35-10-3-1-4-11-35)36-12-5-2-6-13-36/h1-17,19-20,24,27,30,37-41,48H,18,21-23,25-26,28H2,(H,46,49)(H,47,50)/t30?,37?,38?,39-,40-,41+/m1/s1. The smallest absolute Gasteiger partial charge is 0.338 e. The Kier molecular flexibility index (Phi) is 10.7. The van der Waals surface area contributed by atoms with Gasteiger partial charge in [0.2, 0.25) is 11.7 Å². The van der Waals surface area contributed by atoms with Crippen LogP contribution in [0.25, 0.3) is 6.08 Å². The van der Waals surface area contributed by atoms with Crippen molar-refractivity contribution in [3.8, 4) is 0 Å². The molecule has 4 aromatic carbocycles. The fourth-order valence-corrected chi connectivity index (χ4v) is 7.77. The third kappa shape index (κ3) is 8.18. The van der Waals surface area contributed by atoms with Crippen LogP contribution in [0.15, 0.2) is 127 Å². The van der Waals surface area contributed by atoms with E-state index in [-0.39, 0.29) is 37.9 Å². The van der Waals surface area contributed by atoms with Gasteiger partial charge < -0.3 is 34.7 Å². The van der Waals surface area contributed by atoms with Crippen LogP contribution in [-0.2, 0) is 36.1 Å². The van der Waals surface area contributed by atoms with E-state index in [0.29, 0.717) is 34.8 Å². The number of hydrogen-bond donors (Lipinski definition) is 3. The number of hydrogen-bond acceptors (Lipinski definition) is 8. The van der Waals surface area contributed by atoms with Crippen LogP contribution in [0, 0.1) is 5.92 Å². The summed E-state index contributed by atoms with van der Waals surface area (Å²) in [5.41, 5.74) is 4.45. The third-order valence-electron chi connectivity index (χ3n) is 10.7. The minimum absolute atomic E-state index is 0.0964. The molecule has 6 atom stereocenters. The highest BCUT2D eigenvalue weighted by Crippen LogP contribution is 2.47. The minimum Gasteiger partial charge on any atom is -0.456 e. The van der Waals surface area contributed by atoms with Crippen molar-refractivity contribution in [2.24, 2.45) is 5.92 Å². The van der Waals surface area contributed by atoms with E-state index in [2.05, 4.69) is 22.8 Å². The molecule has 3 unspecified atom stereocenters. The predicted octanol–water partition coefficient (Wildman–Crippen LogP) is 5.85. The van der Waals surface area contributed by atoms with Gasteiger partial charge in [-0.2, -0.15) is 0 Å². The van der Waals surface area contributed by atoms with E-state index in [1.165, 1.54) is 0 Å². The Morgan fingerprint density at radius 1 is 0.800 bits per heavy atom. The number of fused-ring (bicyclic) bond motifs is 2. The molecule has 2 aliphatic heterocycles. The highest BCUT2D eigenvalue weighted by molar-refractivity contribution is 5.95. The number of benzene rings is 4. The van der Waals surface area contributed by atoms with Gasteiger partial charge in [0, 0.05) is 41.8 Å². The summed E-state index contributed by atoms with van der Waals surface area (Å²) in [5.74, 6) is -2.02. The number of allylic oxidation sites excluding steroid dienone is 1. The van der Waals surface area contributed by atoms with Crippen LogP contribution in [-0.4, -0.2) is 66.6 Å². The molecular formula is C45H44N2O8. The van der Waals surface area contributed by atoms with Crippen LogP contribution >= 0.6 is 0 Å². The molecule has 8 rings (SSSR count). The van der Waals surface area contributed by atoms with Crippen LogP contribution in [0.4, 0.5) is 0 Å². The van der Waals surface area contributed by atoms with Gasteiger partial charge in [-0.1, -0.05) is 97.1 Å². The Labute approximate surface area is 320 Å². The van der Waals surface area contributed by atoms with Crippen molar-refractivity contribution in [1.82, 2.24) is 10.6 Å². The Bertz CT molecular complexity index is 2030.